The van der Waals surface area contributed by atoms with Gasteiger partial charge in [0.05, 0.1) is 12.8 Å². The molecule has 0 aliphatic rings. The van der Waals surface area contributed by atoms with E-state index in [-0.39, 0.29) is 0 Å². The average Bonchev–Trinajstić information content (AvgIpc) is 2.84. The Hall–Kier alpha value is -2.56. The summed E-state index contributed by atoms with van der Waals surface area (Å²) in [5, 5.41) is 8.28. The van der Waals surface area contributed by atoms with Gasteiger partial charge in [0.2, 0.25) is 0 Å². The third kappa shape index (κ3) is 1.57. The third-order valence-electron chi connectivity index (χ3n) is 2.79. The monoisotopic (exact) mass is 240 g/mol. The van der Waals surface area contributed by atoms with Crippen LogP contribution in [0.5, 0.6) is 5.75 Å². The number of pyridine rings is 1. The average molecular weight is 240 g/mol. The van der Waals surface area contributed by atoms with Crippen molar-refractivity contribution >= 4 is 11.3 Å². The smallest absolute Gasteiger partial charge is 0.184 e. The van der Waals surface area contributed by atoms with Gasteiger partial charge in [-0.1, -0.05) is 12.1 Å². The van der Waals surface area contributed by atoms with Crippen molar-refractivity contribution in [3.8, 4) is 17.1 Å². The van der Waals surface area contributed by atoms with Crippen LogP contribution in [0, 0.1) is 0 Å². The maximum absolute atomic E-state index is 5.86. The number of rotatable bonds is 2. The molecule has 0 fully saturated rings. The first kappa shape index (κ1) is 10.6. The number of anilines is 1. The summed E-state index contributed by atoms with van der Waals surface area (Å²) in [7, 11) is 1.64. The molecule has 5 nitrogen and oxygen atoms in total. The molecule has 0 spiro atoms. The molecule has 90 valence electrons. The first-order valence-corrected chi connectivity index (χ1v) is 5.53. The molecule has 2 N–H and O–H groups in total. The summed E-state index contributed by atoms with van der Waals surface area (Å²) in [4.78, 5) is 0. The molecule has 3 aromatic rings. The molecule has 18 heavy (non-hydrogen) atoms. The maximum atomic E-state index is 5.86. The zero-order valence-corrected chi connectivity index (χ0v) is 9.87. The Morgan fingerprint density at radius 2 is 2.06 bits per heavy atom. The summed E-state index contributed by atoms with van der Waals surface area (Å²) in [5.74, 6) is 1.53. The molecule has 0 amide bonds. The molecule has 0 radical (unpaired) electrons. The molecule has 0 saturated heterocycles. The Morgan fingerprint density at radius 3 is 2.89 bits per heavy atom. The van der Waals surface area contributed by atoms with Gasteiger partial charge in [0, 0.05) is 11.8 Å². The predicted molar refractivity (Wildman–Crippen MR) is 69.4 cm³/mol. The van der Waals surface area contributed by atoms with Crippen LogP contribution in [-0.4, -0.2) is 21.7 Å². The van der Waals surface area contributed by atoms with E-state index in [4.69, 9.17) is 10.5 Å². The second-order valence-electron chi connectivity index (χ2n) is 3.91. The van der Waals surface area contributed by atoms with E-state index >= 15 is 0 Å². The highest BCUT2D eigenvalue weighted by Gasteiger charge is 2.09. The van der Waals surface area contributed by atoms with Crippen molar-refractivity contribution in [1.82, 2.24) is 14.6 Å². The fourth-order valence-electron chi connectivity index (χ4n) is 1.90. The van der Waals surface area contributed by atoms with Gasteiger partial charge in [-0.2, -0.15) is 0 Å². The van der Waals surface area contributed by atoms with Crippen LogP contribution < -0.4 is 10.5 Å². The van der Waals surface area contributed by atoms with Gasteiger partial charge in [0.15, 0.2) is 11.5 Å². The standard InChI is InChI=1S/C13H12N4O/c1-18-10-5-2-4-9(8-10)12-15-16-13-11(14)6-3-7-17(12)13/h2-8H,14H2,1H3. The van der Waals surface area contributed by atoms with Crippen LogP contribution >= 0.6 is 0 Å². The largest absolute Gasteiger partial charge is 0.497 e. The lowest BCUT2D eigenvalue weighted by molar-refractivity contribution is 0.415. The quantitative estimate of drug-likeness (QED) is 0.744. The molecule has 0 aliphatic heterocycles. The number of methoxy groups -OCH3 is 1. The van der Waals surface area contributed by atoms with Crippen molar-refractivity contribution in [2.75, 3.05) is 12.8 Å². The van der Waals surface area contributed by atoms with Crippen LogP contribution in [0.1, 0.15) is 0 Å². The minimum atomic E-state index is 0.610. The molecule has 0 aliphatic carbocycles. The Bertz CT molecular complexity index is 705. The van der Waals surface area contributed by atoms with E-state index in [1.807, 2.05) is 40.9 Å². The van der Waals surface area contributed by atoms with E-state index in [1.165, 1.54) is 0 Å². The van der Waals surface area contributed by atoms with Gasteiger partial charge in [-0.25, -0.2) is 0 Å². The van der Waals surface area contributed by atoms with E-state index in [9.17, 15) is 0 Å². The summed E-state index contributed by atoms with van der Waals surface area (Å²) >= 11 is 0. The van der Waals surface area contributed by atoms with Crippen molar-refractivity contribution in [3.05, 3.63) is 42.6 Å². The van der Waals surface area contributed by atoms with E-state index in [2.05, 4.69) is 10.2 Å². The first-order valence-electron chi connectivity index (χ1n) is 5.53. The van der Waals surface area contributed by atoms with Crippen LogP contribution in [0.3, 0.4) is 0 Å². The number of fused-ring (bicyclic) bond motifs is 1. The first-order chi connectivity index (χ1) is 8.79. The Labute approximate surface area is 104 Å². The van der Waals surface area contributed by atoms with Gasteiger partial charge in [-0.05, 0) is 24.3 Å². The molecule has 0 unspecified atom stereocenters. The lowest BCUT2D eigenvalue weighted by Crippen LogP contribution is -1.93. The van der Waals surface area contributed by atoms with Crippen LogP contribution in [0.15, 0.2) is 42.6 Å². The number of nitrogens with zero attached hydrogens (tertiary/aromatic N) is 3. The zero-order valence-electron chi connectivity index (χ0n) is 9.87. The third-order valence-corrected chi connectivity index (χ3v) is 2.79. The molecule has 2 aromatic heterocycles. The Kier molecular flexibility index (Phi) is 2.37. The molecule has 2 heterocycles. The number of ether oxygens (including phenoxy) is 1. The minimum absolute atomic E-state index is 0.610. The number of hydrogen-bond acceptors (Lipinski definition) is 4. The van der Waals surface area contributed by atoms with Crippen LogP contribution in [0.25, 0.3) is 17.0 Å². The van der Waals surface area contributed by atoms with Crippen molar-refractivity contribution in [3.63, 3.8) is 0 Å². The number of hydrogen-bond donors (Lipinski definition) is 1. The van der Waals surface area contributed by atoms with Crippen molar-refractivity contribution in [2.45, 2.75) is 0 Å². The fraction of sp³-hybridized carbons (Fsp3) is 0.0769. The van der Waals surface area contributed by atoms with E-state index in [0.29, 0.717) is 11.3 Å². The number of benzene rings is 1. The maximum Gasteiger partial charge on any atom is 0.184 e. The minimum Gasteiger partial charge on any atom is -0.497 e. The number of nitrogens with two attached hydrogens (primary N) is 1. The summed E-state index contributed by atoms with van der Waals surface area (Å²) in [6, 6.07) is 11.4. The van der Waals surface area contributed by atoms with Crippen molar-refractivity contribution < 1.29 is 4.74 Å². The second kappa shape index (κ2) is 4.03. The van der Waals surface area contributed by atoms with Gasteiger partial charge in [-0.3, -0.25) is 4.40 Å². The van der Waals surface area contributed by atoms with Crippen LogP contribution in [0.2, 0.25) is 0 Å². The summed E-state index contributed by atoms with van der Waals surface area (Å²) in [6.07, 6.45) is 1.89. The van der Waals surface area contributed by atoms with Crippen molar-refractivity contribution in [1.29, 1.82) is 0 Å². The fourth-order valence-corrected chi connectivity index (χ4v) is 1.90. The normalized spacial score (nSPS) is 10.7. The zero-order chi connectivity index (χ0) is 12.5. The molecular weight excluding hydrogens is 228 g/mol. The van der Waals surface area contributed by atoms with Crippen LogP contribution in [-0.2, 0) is 0 Å². The molecule has 1 aromatic carbocycles. The summed E-state index contributed by atoms with van der Waals surface area (Å²) in [5.41, 5.74) is 8.07. The van der Waals surface area contributed by atoms with Gasteiger partial charge in [0.25, 0.3) is 0 Å². The van der Waals surface area contributed by atoms with E-state index < -0.39 is 0 Å². The lowest BCUT2D eigenvalue weighted by atomic mass is 10.2. The Balaban J connectivity index is 2.22. The molecule has 5 heteroatoms. The highest BCUT2D eigenvalue weighted by molar-refractivity contribution is 5.69. The lowest BCUT2D eigenvalue weighted by Gasteiger charge is -2.03. The number of nitrogen functional groups attached to an aromatic ring is 1. The second-order valence-corrected chi connectivity index (χ2v) is 3.91. The molecule has 0 atom stereocenters. The van der Waals surface area contributed by atoms with Gasteiger partial charge >= 0.3 is 0 Å². The van der Waals surface area contributed by atoms with Gasteiger partial charge in [-0.15, -0.1) is 10.2 Å². The van der Waals surface area contributed by atoms with Gasteiger partial charge < -0.3 is 10.5 Å². The molecule has 0 bridgehead atoms. The predicted octanol–water partition coefficient (Wildman–Crippen LogP) is 1.99. The topological polar surface area (TPSA) is 65.4 Å². The molecule has 3 rings (SSSR count). The van der Waals surface area contributed by atoms with Crippen LogP contribution in [0.4, 0.5) is 5.69 Å². The highest BCUT2D eigenvalue weighted by atomic mass is 16.5. The van der Waals surface area contributed by atoms with Gasteiger partial charge in [0.1, 0.15) is 5.75 Å². The van der Waals surface area contributed by atoms with Crippen molar-refractivity contribution in [2.24, 2.45) is 0 Å². The van der Waals surface area contributed by atoms with E-state index in [0.717, 1.165) is 17.1 Å². The van der Waals surface area contributed by atoms with E-state index in [1.54, 1.807) is 13.2 Å². The SMILES string of the molecule is COc1cccc(-c2nnc3c(N)cccn23)c1. The molecule has 0 saturated carbocycles. The Morgan fingerprint density at radius 1 is 1.17 bits per heavy atom. The molecular formula is C13H12N4O. The summed E-state index contributed by atoms with van der Waals surface area (Å²) in [6.45, 7) is 0. The highest BCUT2D eigenvalue weighted by Crippen LogP contribution is 2.24. The summed E-state index contributed by atoms with van der Waals surface area (Å²) < 4.78 is 7.07. The number of aromatic nitrogens is 3.